The number of likely N-dealkylation sites (N-methyl/N-ethyl adjacent to an activating group) is 1. The molecule has 122 valence electrons. The van der Waals surface area contributed by atoms with Gasteiger partial charge >= 0.3 is 0 Å². The Morgan fingerprint density at radius 1 is 0.875 bits per heavy atom. The summed E-state index contributed by atoms with van der Waals surface area (Å²) in [6.07, 6.45) is 3.42. The minimum atomic E-state index is -0.337. The van der Waals surface area contributed by atoms with Crippen LogP contribution in [0.15, 0.2) is 59.7 Å². The smallest absolute Gasteiger partial charge is 0.187 e. The number of likely N-dealkylation sites (tertiary alicyclic amines) is 1. The van der Waals surface area contributed by atoms with Gasteiger partial charge in [0.05, 0.1) is 0 Å². The normalized spacial score (nSPS) is 19.2. The van der Waals surface area contributed by atoms with Crippen molar-refractivity contribution in [2.75, 3.05) is 20.1 Å². The molecule has 3 rings (SSSR count). The van der Waals surface area contributed by atoms with Crippen LogP contribution in [0.4, 0.5) is 8.78 Å². The van der Waals surface area contributed by atoms with E-state index in [0.29, 0.717) is 35.4 Å². The van der Waals surface area contributed by atoms with Gasteiger partial charge < -0.3 is 0 Å². The Hall–Kier alpha value is -2.59. The van der Waals surface area contributed by atoms with E-state index < -0.39 is 0 Å². The average Bonchev–Trinajstić information content (AvgIpc) is 2.52. The second-order valence-corrected chi connectivity index (χ2v) is 5.95. The van der Waals surface area contributed by atoms with Crippen LogP contribution in [-0.2, 0) is 4.79 Å². The molecule has 1 aliphatic rings. The third-order valence-corrected chi connectivity index (χ3v) is 3.84. The molecule has 0 N–H and O–H groups in total. The Balaban J connectivity index is 1.94. The van der Waals surface area contributed by atoms with E-state index in [1.165, 1.54) is 24.3 Å². The third kappa shape index (κ3) is 3.84. The number of nitrogens with zero attached hydrogens (tertiary/aromatic N) is 1. The minimum Gasteiger partial charge on any atom is -0.298 e. The molecule has 4 heteroatoms. The molecule has 0 unspecified atom stereocenters. The Labute approximate surface area is 139 Å². The van der Waals surface area contributed by atoms with Crippen molar-refractivity contribution in [1.82, 2.24) is 4.90 Å². The zero-order valence-electron chi connectivity index (χ0n) is 13.3. The number of halogens is 2. The summed E-state index contributed by atoms with van der Waals surface area (Å²) >= 11 is 0. The Bertz CT molecular complexity index is 772. The Morgan fingerprint density at radius 2 is 1.33 bits per heavy atom. The number of piperidine rings is 1. The molecule has 0 spiro atoms. The monoisotopic (exact) mass is 325 g/mol. The lowest BCUT2D eigenvalue weighted by Crippen LogP contribution is -2.34. The van der Waals surface area contributed by atoms with Gasteiger partial charge in [-0.1, -0.05) is 24.3 Å². The Morgan fingerprint density at radius 3 is 1.75 bits per heavy atom. The molecule has 1 aliphatic heterocycles. The molecule has 0 amide bonds. The highest BCUT2D eigenvalue weighted by Gasteiger charge is 2.23. The number of benzene rings is 2. The van der Waals surface area contributed by atoms with Crippen LogP contribution in [0.2, 0.25) is 0 Å². The topological polar surface area (TPSA) is 20.3 Å². The van der Waals surface area contributed by atoms with Gasteiger partial charge in [-0.3, -0.25) is 9.69 Å². The molecule has 0 aromatic heterocycles. The van der Waals surface area contributed by atoms with Gasteiger partial charge in [0.1, 0.15) is 11.6 Å². The highest BCUT2D eigenvalue weighted by Crippen LogP contribution is 2.21. The lowest BCUT2D eigenvalue weighted by Gasteiger charge is -2.26. The van der Waals surface area contributed by atoms with Crippen molar-refractivity contribution in [3.63, 3.8) is 0 Å². The van der Waals surface area contributed by atoms with E-state index in [1.54, 1.807) is 36.4 Å². The summed E-state index contributed by atoms with van der Waals surface area (Å²) in [6, 6.07) is 12.3. The predicted molar refractivity (Wildman–Crippen MR) is 91.3 cm³/mol. The van der Waals surface area contributed by atoms with Crippen molar-refractivity contribution in [3.8, 4) is 0 Å². The van der Waals surface area contributed by atoms with Crippen molar-refractivity contribution in [2.24, 2.45) is 0 Å². The SMILES string of the molecule is CN1C/C(=C\c2cccc(F)c2)C(=O)/C(=C/c2cccc(F)c2)C1. The van der Waals surface area contributed by atoms with Crippen LogP contribution in [0.1, 0.15) is 11.1 Å². The van der Waals surface area contributed by atoms with Crippen molar-refractivity contribution >= 4 is 17.9 Å². The number of hydrogen-bond donors (Lipinski definition) is 0. The molecule has 0 aliphatic carbocycles. The highest BCUT2D eigenvalue weighted by molar-refractivity contribution is 6.14. The Kier molecular flexibility index (Phi) is 4.67. The molecule has 0 bridgehead atoms. The fraction of sp³-hybridized carbons (Fsp3) is 0.150. The molecule has 2 nitrogen and oxygen atoms in total. The van der Waals surface area contributed by atoms with Crippen LogP contribution in [0.25, 0.3) is 12.2 Å². The van der Waals surface area contributed by atoms with Crippen molar-refractivity contribution in [3.05, 3.63) is 82.4 Å². The summed E-state index contributed by atoms with van der Waals surface area (Å²) in [5.41, 5.74) is 2.49. The van der Waals surface area contributed by atoms with Gasteiger partial charge in [-0.15, -0.1) is 0 Å². The number of Topliss-reactive ketones (excluding diaryl/α,β-unsaturated/α-hetero) is 1. The summed E-state index contributed by atoms with van der Waals surface area (Å²) < 4.78 is 26.7. The molecule has 1 heterocycles. The maximum Gasteiger partial charge on any atom is 0.187 e. The maximum atomic E-state index is 13.3. The zero-order chi connectivity index (χ0) is 17.1. The summed E-state index contributed by atoms with van der Waals surface area (Å²) in [5.74, 6) is -0.755. The second kappa shape index (κ2) is 6.89. The van der Waals surface area contributed by atoms with Gasteiger partial charge in [-0.05, 0) is 54.6 Å². The maximum absolute atomic E-state index is 13.3. The van der Waals surface area contributed by atoms with Crippen LogP contribution in [0.5, 0.6) is 0 Å². The summed E-state index contributed by atoms with van der Waals surface area (Å²) in [4.78, 5) is 14.7. The first-order valence-electron chi connectivity index (χ1n) is 7.67. The molecule has 1 fully saturated rings. The lowest BCUT2D eigenvalue weighted by molar-refractivity contribution is -0.113. The van der Waals surface area contributed by atoms with Crippen LogP contribution in [0, 0.1) is 11.6 Å². The van der Waals surface area contributed by atoms with Crippen LogP contribution in [-0.4, -0.2) is 30.8 Å². The molecular weight excluding hydrogens is 308 g/mol. The quantitative estimate of drug-likeness (QED) is 0.779. The van der Waals surface area contributed by atoms with Gasteiger partial charge in [-0.2, -0.15) is 0 Å². The summed E-state index contributed by atoms with van der Waals surface area (Å²) in [7, 11) is 1.91. The fourth-order valence-corrected chi connectivity index (χ4v) is 2.80. The molecule has 24 heavy (non-hydrogen) atoms. The second-order valence-electron chi connectivity index (χ2n) is 5.95. The number of hydrogen-bond acceptors (Lipinski definition) is 2. The fourth-order valence-electron chi connectivity index (χ4n) is 2.80. The number of rotatable bonds is 2. The molecule has 2 aromatic rings. The van der Waals surface area contributed by atoms with E-state index in [-0.39, 0.29) is 17.4 Å². The van der Waals surface area contributed by atoms with Gasteiger partial charge in [0, 0.05) is 24.2 Å². The first-order chi connectivity index (χ1) is 11.5. The van der Waals surface area contributed by atoms with E-state index in [0.717, 1.165) is 0 Å². The van der Waals surface area contributed by atoms with Gasteiger partial charge in [0.2, 0.25) is 0 Å². The van der Waals surface area contributed by atoms with Gasteiger partial charge in [0.25, 0.3) is 0 Å². The lowest BCUT2D eigenvalue weighted by atomic mass is 9.94. The molecule has 0 atom stereocenters. The van der Waals surface area contributed by atoms with Crippen LogP contribution >= 0.6 is 0 Å². The standard InChI is InChI=1S/C20H17F2NO/c1-23-12-16(8-14-4-2-6-18(21)10-14)20(24)17(13-23)9-15-5-3-7-19(22)11-15/h2-11H,12-13H2,1H3/b16-8+,17-9+. The van der Waals surface area contributed by atoms with E-state index in [4.69, 9.17) is 0 Å². The van der Waals surface area contributed by atoms with Crippen LogP contribution in [0.3, 0.4) is 0 Å². The zero-order valence-corrected chi connectivity index (χ0v) is 13.3. The van der Waals surface area contributed by atoms with Crippen molar-refractivity contribution < 1.29 is 13.6 Å². The molecule has 0 radical (unpaired) electrons. The summed E-state index contributed by atoms with van der Waals surface area (Å²) in [6.45, 7) is 0.992. The van der Waals surface area contributed by atoms with Gasteiger partial charge in [0.15, 0.2) is 5.78 Å². The van der Waals surface area contributed by atoms with E-state index in [9.17, 15) is 13.6 Å². The van der Waals surface area contributed by atoms with E-state index in [1.807, 2.05) is 11.9 Å². The highest BCUT2D eigenvalue weighted by atomic mass is 19.1. The molecule has 2 aromatic carbocycles. The molecule has 1 saturated heterocycles. The number of carbonyl (C=O) groups excluding carboxylic acids is 1. The van der Waals surface area contributed by atoms with Crippen LogP contribution < -0.4 is 0 Å². The largest absolute Gasteiger partial charge is 0.298 e. The first kappa shape index (κ1) is 16.3. The average molecular weight is 325 g/mol. The summed E-state index contributed by atoms with van der Waals surface area (Å²) in [5, 5.41) is 0. The predicted octanol–water partition coefficient (Wildman–Crippen LogP) is 3.95. The van der Waals surface area contributed by atoms with E-state index >= 15 is 0 Å². The van der Waals surface area contributed by atoms with Crippen molar-refractivity contribution in [1.29, 1.82) is 0 Å². The third-order valence-electron chi connectivity index (χ3n) is 3.84. The van der Waals surface area contributed by atoms with E-state index in [2.05, 4.69) is 0 Å². The molecule has 0 saturated carbocycles. The minimum absolute atomic E-state index is 0.0818. The number of ketones is 1. The number of carbonyl (C=O) groups is 1. The van der Waals surface area contributed by atoms with Gasteiger partial charge in [-0.25, -0.2) is 8.78 Å². The first-order valence-corrected chi connectivity index (χ1v) is 7.67. The van der Waals surface area contributed by atoms with Crippen molar-refractivity contribution in [2.45, 2.75) is 0 Å². The molecular formula is C20H17F2NO.